The number of anilines is 1. The van der Waals surface area contributed by atoms with E-state index in [0.29, 0.717) is 12.1 Å². The standard InChI is InChI=1S/C16H22N2O/c1-19-15-7-10-18-14-6-9-17-8-5-11(14)12-3-2-4-13(15)16(12)18/h2-4,11,14-15,17H,5-10H2,1H3. The van der Waals surface area contributed by atoms with Gasteiger partial charge in [-0.2, -0.15) is 0 Å². The minimum Gasteiger partial charge on any atom is -0.377 e. The van der Waals surface area contributed by atoms with Gasteiger partial charge >= 0.3 is 0 Å². The van der Waals surface area contributed by atoms with Gasteiger partial charge in [0, 0.05) is 36.9 Å². The minimum absolute atomic E-state index is 0.298. The van der Waals surface area contributed by atoms with Crippen molar-refractivity contribution in [1.29, 1.82) is 0 Å². The van der Waals surface area contributed by atoms with Crippen molar-refractivity contribution >= 4 is 5.69 Å². The van der Waals surface area contributed by atoms with Crippen LogP contribution in [0.2, 0.25) is 0 Å². The Balaban J connectivity index is 1.83. The number of nitrogens with one attached hydrogen (secondary N) is 1. The second-order valence-corrected chi connectivity index (χ2v) is 5.99. The van der Waals surface area contributed by atoms with E-state index in [2.05, 4.69) is 28.4 Å². The van der Waals surface area contributed by atoms with Crippen LogP contribution in [0.3, 0.4) is 0 Å². The van der Waals surface area contributed by atoms with Gasteiger partial charge in [-0.1, -0.05) is 18.2 Å². The third-order valence-corrected chi connectivity index (χ3v) is 5.16. The second-order valence-electron chi connectivity index (χ2n) is 5.99. The summed E-state index contributed by atoms with van der Waals surface area (Å²) < 4.78 is 5.69. The molecule has 1 N–H and O–H groups in total. The van der Waals surface area contributed by atoms with Crippen LogP contribution in [-0.4, -0.2) is 32.8 Å². The Morgan fingerprint density at radius 2 is 2.00 bits per heavy atom. The van der Waals surface area contributed by atoms with Gasteiger partial charge < -0.3 is 15.0 Å². The van der Waals surface area contributed by atoms with Crippen LogP contribution >= 0.6 is 0 Å². The lowest BCUT2D eigenvalue weighted by molar-refractivity contribution is 0.0932. The summed E-state index contributed by atoms with van der Waals surface area (Å²) in [6.45, 7) is 3.48. The molecule has 3 unspecified atom stereocenters. The number of rotatable bonds is 1. The molecule has 3 nitrogen and oxygen atoms in total. The molecular weight excluding hydrogens is 236 g/mol. The highest BCUT2D eigenvalue weighted by Gasteiger charge is 2.42. The summed E-state index contributed by atoms with van der Waals surface area (Å²) in [5, 5.41) is 3.55. The van der Waals surface area contributed by atoms with Crippen molar-refractivity contribution in [2.75, 3.05) is 31.6 Å². The molecule has 3 aliphatic heterocycles. The highest BCUT2D eigenvalue weighted by Crippen LogP contribution is 2.50. The van der Waals surface area contributed by atoms with E-state index in [-0.39, 0.29) is 0 Å². The third-order valence-electron chi connectivity index (χ3n) is 5.16. The van der Waals surface area contributed by atoms with Gasteiger partial charge in [-0.05, 0) is 37.9 Å². The molecule has 4 rings (SSSR count). The van der Waals surface area contributed by atoms with Gasteiger partial charge in [0.1, 0.15) is 0 Å². The Labute approximate surface area is 114 Å². The molecule has 0 amide bonds. The molecule has 0 bridgehead atoms. The van der Waals surface area contributed by atoms with Crippen molar-refractivity contribution in [3.05, 3.63) is 29.3 Å². The fraction of sp³-hybridized carbons (Fsp3) is 0.625. The molecule has 3 heterocycles. The summed E-state index contributed by atoms with van der Waals surface area (Å²) in [5.74, 6) is 0.723. The molecule has 0 saturated carbocycles. The number of methoxy groups -OCH3 is 1. The summed E-state index contributed by atoms with van der Waals surface area (Å²) in [6, 6.07) is 7.55. The highest BCUT2D eigenvalue weighted by molar-refractivity contribution is 5.68. The van der Waals surface area contributed by atoms with Crippen molar-refractivity contribution < 1.29 is 4.74 Å². The molecule has 19 heavy (non-hydrogen) atoms. The van der Waals surface area contributed by atoms with Crippen molar-refractivity contribution in [2.45, 2.75) is 37.3 Å². The molecule has 0 spiro atoms. The molecule has 0 aromatic heterocycles. The molecule has 1 aromatic rings. The lowest BCUT2D eigenvalue weighted by Crippen LogP contribution is -2.38. The largest absolute Gasteiger partial charge is 0.377 e. The number of nitrogens with zero attached hydrogens (tertiary/aromatic N) is 1. The maximum absolute atomic E-state index is 5.69. The normalized spacial score (nSPS) is 32.7. The maximum Gasteiger partial charge on any atom is 0.0858 e. The fourth-order valence-electron chi connectivity index (χ4n) is 4.33. The summed E-state index contributed by atoms with van der Waals surface area (Å²) >= 11 is 0. The smallest absolute Gasteiger partial charge is 0.0858 e. The monoisotopic (exact) mass is 258 g/mol. The zero-order valence-electron chi connectivity index (χ0n) is 11.6. The molecule has 0 radical (unpaired) electrons. The zero-order chi connectivity index (χ0) is 12.8. The number of para-hydroxylation sites is 1. The Kier molecular flexibility index (Phi) is 2.78. The first-order chi connectivity index (χ1) is 9.40. The van der Waals surface area contributed by atoms with Crippen LogP contribution in [0.5, 0.6) is 0 Å². The van der Waals surface area contributed by atoms with Gasteiger partial charge in [0.15, 0.2) is 0 Å². The summed E-state index contributed by atoms with van der Waals surface area (Å²) in [6.07, 6.45) is 3.97. The molecule has 3 aliphatic rings. The topological polar surface area (TPSA) is 24.5 Å². The van der Waals surface area contributed by atoms with Gasteiger partial charge in [0.05, 0.1) is 6.10 Å². The number of ether oxygens (including phenoxy) is 1. The van der Waals surface area contributed by atoms with E-state index < -0.39 is 0 Å². The van der Waals surface area contributed by atoms with Crippen LogP contribution in [0.25, 0.3) is 0 Å². The number of hydrogen-bond acceptors (Lipinski definition) is 3. The maximum atomic E-state index is 5.69. The van der Waals surface area contributed by atoms with Gasteiger partial charge in [0.25, 0.3) is 0 Å². The molecular formula is C16H22N2O. The van der Waals surface area contributed by atoms with Crippen LogP contribution in [0.1, 0.15) is 42.4 Å². The lowest BCUT2D eigenvalue weighted by atomic mass is 9.90. The molecule has 102 valence electrons. The molecule has 1 saturated heterocycles. The van der Waals surface area contributed by atoms with Gasteiger partial charge in [-0.3, -0.25) is 0 Å². The van der Waals surface area contributed by atoms with Crippen molar-refractivity contribution in [3.8, 4) is 0 Å². The van der Waals surface area contributed by atoms with Crippen molar-refractivity contribution in [3.63, 3.8) is 0 Å². The van der Waals surface area contributed by atoms with E-state index >= 15 is 0 Å². The number of hydrogen-bond donors (Lipinski definition) is 1. The Hall–Kier alpha value is -1.06. The highest BCUT2D eigenvalue weighted by atomic mass is 16.5. The van der Waals surface area contributed by atoms with E-state index in [9.17, 15) is 0 Å². The molecule has 0 aliphatic carbocycles. The van der Waals surface area contributed by atoms with Gasteiger partial charge in [-0.25, -0.2) is 0 Å². The summed E-state index contributed by atoms with van der Waals surface area (Å²) in [5.41, 5.74) is 4.51. The van der Waals surface area contributed by atoms with Gasteiger partial charge in [0.2, 0.25) is 0 Å². The quantitative estimate of drug-likeness (QED) is 0.837. The average Bonchev–Trinajstić information content (AvgIpc) is 2.64. The minimum atomic E-state index is 0.298. The van der Waals surface area contributed by atoms with E-state index in [1.165, 1.54) is 24.1 Å². The molecule has 3 atom stereocenters. The Morgan fingerprint density at radius 3 is 2.89 bits per heavy atom. The predicted octanol–water partition coefficient (Wildman–Crippen LogP) is 2.43. The Morgan fingerprint density at radius 1 is 1.16 bits per heavy atom. The number of fused-ring (bicyclic) bond motifs is 3. The molecule has 1 aromatic carbocycles. The average molecular weight is 258 g/mol. The van der Waals surface area contributed by atoms with E-state index in [1.54, 1.807) is 5.56 Å². The van der Waals surface area contributed by atoms with Crippen LogP contribution in [0, 0.1) is 0 Å². The molecule has 3 heteroatoms. The van der Waals surface area contributed by atoms with E-state index in [1.807, 2.05) is 7.11 Å². The first-order valence-electron chi connectivity index (χ1n) is 7.53. The first kappa shape index (κ1) is 11.7. The third kappa shape index (κ3) is 1.65. The van der Waals surface area contributed by atoms with E-state index in [4.69, 9.17) is 4.74 Å². The lowest BCUT2D eigenvalue weighted by Gasteiger charge is -2.36. The van der Waals surface area contributed by atoms with Crippen molar-refractivity contribution in [1.82, 2.24) is 5.32 Å². The summed E-state index contributed by atoms with van der Waals surface area (Å²) in [7, 11) is 1.84. The van der Waals surface area contributed by atoms with Crippen LogP contribution in [0.15, 0.2) is 18.2 Å². The van der Waals surface area contributed by atoms with Crippen LogP contribution in [0.4, 0.5) is 5.69 Å². The Bertz CT molecular complexity index is 488. The molecule has 1 fully saturated rings. The van der Waals surface area contributed by atoms with E-state index in [0.717, 1.165) is 32.0 Å². The second kappa shape index (κ2) is 4.50. The first-order valence-corrected chi connectivity index (χ1v) is 7.53. The van der Waals surface area contributed by atoms with Gasteiger partial charge in [-0.15, -0.1) is 0 Å². The summed E-state index contributed by atoms with van der Waals surface area (Å²) in [4.78, 5) is 2.68. The fourth-order valence-corrected chi connectivity index (χ4v) is 4.33. The predicted molar refractivity (Wildman–Crippen MR) is 76.8 cm³/mol. The van der Waals surface area contributed by atoms with Crippen LogP contribution < -0.4 is 10.2 Å². The van der Waals surface area contributed by atoms with Crippen LogP contribution in [-0.2, 0) is 4.74 Å². The zero-order valence-corrected chi connectivity index (χ0v) is 11.6. The SMILES string of the molecule is COC1CCN2c3c1cccc3C1CCNCCC12. The van der Waals surface area contributed by atoms with Crippen molar-refractivity contribution in [2.24, 2.45) is 0 Å². The number of benzene rings is 1.